The van der Waals surface area contributed by atoms with Gasteiger partial charge in [-0.05, 0) is 56.7 Å². The van der Waals surface area contributed by atoms with Crippen molar-refractivity contribution in [3.63, 3.8) is 0 Å². The second-order valence-corrected chi connectivity index (χ2v) is 8.60. The van der Waals surface area contributed by atoms with Gasteiger partial charge in [0.25, 0.3) is 0 Å². The van der Waals surface area contributed by atoms with Crippen LogP contribution in [0.2, 0.25) is 0 Å². The molecule has 2 rings (SSSR count). The highest BCUT2D eigenvalue weighted by molar-refractivity contribution is 7.92. The van der Waals surface area contributed by atoms with Crippen molar-refractivity contribution in [2.75, 3.05) is 10.6 Å². The summed E-state index contributed by atoms with van der Waals surface area (Å²) >= 11 is 0. The van der Waals surface area contributed by atoms with E-state index in [0.717, 1.165) is 27.9 Å². The van der Waals surface area contributed by atoms with E-state index >= 15 is 0 Å². The first kappa shape index (κ1) is 21.7. The Morgan fingerprint density at radius 2 is 1.79 bits per heavy atom. The summed E-state index contributed by atoms with van der Waals surface area (Å²) in [6, 6.07) is 11.4. The van der Waals surface area contributed by atoms with Crippen LogP contribution in [-0.2, 0) is 21.4 Å². The summed E-state index contributed by atoms with van der Waals surface area (Å²) in [6.45, 7) is 5.55. The highest BCUT2D eigenvalue weighted by atomic mass is 32.2. The SMILES string of the molecule is CC(C)Oc1ccc(CNC(=O)C(C)N(c2cccc(F)c2)S(C)(=O)=O)cc1. The highest BCUT2D eigenvalue weighted by Gasteiger charge is 2.29. The van der Waals surface area contributed by atoms with E-state index in [2.05, 4.69) is 5.32 Å². The van der Waals surface area contributed by atoms with Gasteiger partial charge in [0.15, 0.2) is 0 Å². The van der Waals surface area contributed by atoms with Gasteiger partial charge in [-0.25, -0.2) is 12.8 Å². The number of nitrogens with one attached hydrogen (secondary N) is 1. The van der Waals surface area contributed by atoms with Crippen molar-refractivity contribution >= 4 is 21.6 Å². The third-order valence-electron chi connectivity index (χ3n) is 3.91. The van der Waals surface area contributed by atoms with E-state index < -0.39 is 27.8 Å². The maximum atomic E-state index is 13.5. The number of carbonyl (C=O) groups excluding carboxylic acids is 1. The van der Waals surface area contributed by atoms with E-state index in [1.807, 2.05) is 26.0 Å². The molecule has 0 radical (unpaired) electrons. The second kappa shape index (κ2) is 9.05. The van der Waals surface area contributed by atoms with Crippen molar-refractivity contribution in [2.24, 2.45) is 0 Å². The van der Waals surface area contributed by atoms with Crippen molar-refractivity contribution in [1.29, 1.82) is 0 Å². The first-order valence-electron chi connectivity index (χ1n) is 8.86. The summed E-state index contributed by atoms with van der Waals surface area (Å²) in [5.41, 5.74) is 0.939. The van der Waals surface area contributed by atoms with Crippen LogP contribution in [0.4, 0.5) is 10.1 Å². The number of sulfonamides is 1. The molecule has 1 unspecified atom stereocenters. The number of rotatable bonds is 8. The number of carbonyl (C=O) groups is 1. The fraction of sp³-hybridized carbons (Fsp3) is 0.350. The minimum Gasteiger partial charge on any atom is -0.491 e. The largest absolute Gasteiger partial charge is 0.491 e. The molecule has 1 N–H and O–H groups in total. The number of hydrogen-bond acceptors (Lipinski definition) is 4. The molecule has 0 saturated heterocycles. The summed E-state index contributed by atoms with van der Waals surface area (Å²) in [7, 11) is -3.79. The number of anilines is 1. The molecule has 6 nitrogen and oxygen atoms in total. The molecule has 1 atom stereocenters. The molecular weight excluding hydrogens is 383 g/mol. The Morgan fingerprint density at radius 1 is 1.14 bits per heavy atom. The van der Waals surface area contributed by atoms with Crippen molar-refractivity contribution in [3.05, 3.63) is 59.9 Å². The second-order valence-electron chi connectivity index (χ2n) is 6.74. The van der Waals surface area contributed by atoms with Crippen LogP contribution in [0.1, 0.15) is 26.3 Å². The van der Waals surface area contributed by atoms with Crippen molar-refractivity contribution < 1.29 is 22.3 Å². The Balaban J connectivity index is 2.09. The third kappa shape index (κ3) is 5.95. The molecule has 1 amide bonds. The maximum absolute atomic E-state index is 13.5. The van der Waals surface area contributed by atoms with E-state index in [1.54, 1.807) is 12.1 Å². The topological polar surface area (TPSA) is 75.7 Å². The molecule has 0 aromatic heterocycles. The van der Waals surface area contributed by atoms with E-state index in [-0.39, 0.29) is 18.3 Å². The average molecular weight is 408 g/mol. The number of ether oxygens (including phenoxy) is 1. The van der Waals surface area contributed by atoms with Gasteiger partial charge in [0.1, 0.15) is 17.6 Å². The Hall–Kier alpha value is -2.61. The van der Waals surface area contributed by atoms with Gasteiger partial charge >= 0.3 is 0 Å². The van der Waals surface area contributed by atoms with Crippen LogP contribution in [0.15, 0.2) is 48.5 Å². The molecule has 0 aliphatic heterocycles. The van der Waals surface area contributed by atoms with E-state index in [1.165, 1.54) is 25.1 Å². The Bertz CT molecular complexity index is 914. The van der Waals surface area contributed by atoms with E-state index in [4.69, 9.17) is 4.74 Å². The lowest BCUT2D eigenvalue weighted by atomic mass is 10.2. The van der Waals surface area contributed by atoms with Crippen LogP contribution in [0.3, 0.4) is 0 Å². The zero-order valence-corrected chi connectivity index (χ0v) is 17.2. The first-order valence-corrected chi connectivity index (χ1v) is 10.7. The first-order chi connectivity index (χ1) is 13.1. The van der Waals surface area contributed by atoms with Gasteiger partial charge in [-0.2, -0.15) is 0 Å². The summed E-state index contributed by atoms with van der Waals surface area (Å²) in [4.78, 5) is 12.5. The van der Waals surface area contributed by atoms with Gasteiger partial charge in [-0.3, -0.25) is 9.10 Å². The minimum atomic E-state index is -3.79. The molecule has 0 aliphatic rings. The van der Waals surface area contributed by atoms with Gasteiger partial charge in [-0.1, -0.05) is 18.2 Å². The number of halogens is 1. The quantitative estimate of drug-likeness (QED) is 0.728. The predicted molar refractivity (Wildman–Crippen MR) is 107 cm³/mol. The Kier molecular flexibility index (Phi) is 7.01. The maximum Gasteiger partial charge on any atom is 0.243 e. The highest BCUT2D eigenvalue weighted by Crippen LogP contribution is 2.22. The molecule has 2 aromatic rings. The smallest absolute Gasteiger partial charge is 0.243 e. The van der Waals surface area contributed by atoms with Crippen molar-refractivity contribution in [1.82, 2.24) is 5.32 Å². The number of hydrogen-bond donors (Lipinski definition) is 1. The molecule has 2 aromatic carbocycles. The Labute approximate surface area is 165 Å². The van der Waals surface area contributed by atoms with Crippen molar-refractivity contribution in [2.45, 2.75) is 39.5 Å². The lowest BCUT2D eigenvalue weighted by Crippen LogP contribution is -2.47. The lowest BCUT2D eigenvalue weighted by molar-refractivity contribution is -0.122. The molecule has 0 aliphatic carbocycles. The van der Waals surface area contributed by atoms with Crippen LogP contribution < -0.4 is 14.4 Å². The van der Waals surface area contributed by atoms with Gasteiger partial charge in [0.05, 0.1) is 18.0 Å². The van der Waals surface area contributed by atoms with E-state index in [0.29, 0.717) is 0 Å². The molecule has 152 valence electrons. The zero-order valence-electron chi connectivity index (χ0n) is 16.3. The van der Waals surface area contributed by atoms with Crippen LogP contribution in [0, 0.1) is 5.82 Å². The average Bonchev–Trinajstić information content (AvgIpc) is 2.59. The molecule has 0 fully saturated rings. The molecule has 0 spiro atoms. The molecule has 8 heteroatoms. The van der Waals surface area contributed by atoms with Gasteiger partial charge in [0.2, 0.25) is 15.9 Å². The number of benzene rings is 2. The fourth-order valence-electron chi connectivity index (χ4n) is 2.72. The number of amides is 1. The third-order valence-corrected chi connectivity index (χ3v) is 5.15. The zero-order chi connectivity index (χ0) is 20.9. The van der Waals surface area contributed by atoms with Gasteiger partial charge in [-0.15, -0.1) is 0 Å². The summed E-state index contributed by atoms with van der Waals surface area (Å²) in [5.74, 6) is -0.340. The lowest BCUT2D eigenvalue weighted by Gasteiger charge is -2.28. The number of nitrogens with zero attached hydrogens (tertiary/aromatic N) is 1. The Morgan fingerprint density at radius 3 is 2.32 bits per heavy atom. The molecule has 28 heavy (non-hydrogen) atoms. The van der Waals surface area contributed by atoms with Crippen LogP contribution in [0.5, 0.6) is 5.75 Å². The molecule has 0 bridgehead atoms. The fourth-order valence-corrected chi connectivity index (χ4v) is 3.88. The standard InChI is InChI=1S/C20H25FN2O4S/c1-14(2)27-19-10-8-16(9-11-19)13-22-20(24)15(3)23(28(4,25)26)18-7-5-6-17(21)12-18/h5-12,14-15H,13H2,1-4H3,(H,22,24). The molecule has 0 saturated carbocycles. The summed E-state index contributed by atoms with van der Waals surface area (Å²) in [5, 5.41) is 2.72. The van der Waals surface area contributed by atoms with Crippen molar-refractivity contribution in [3.8, 4) is 5.75 Å². The summed E-state index contributed by atoms with van der Waals surface area (Å²) < 4.78 is 44.4. The normalized spacial score (nSPS) is 12.5. The van der Waals surface area contributed by atoms with Crippen LogP contribution in [0.25, 0.3) is 0 Å². The van der Waals surface area contributed by atoms with Crippen LogP contribution >= 0.6 is 0 Å². The van der Waals surface area contributed by atoms with Gasteiger partial charge in [0, 0.05) is 6.54 Å². The van der Waals surface area contributed by atoms with Crippen LogP contribution in [-0.4, -0.2) is 32.7 Å². The minimum absolute atomic E-state index is 0.0659. The molecular formula is C20H25FN2O4S. The predicted octanol–water partition coefficient (Wildman–Crippen LogP) is 3.08. The summed E-state index contributed by atoms with van der Waals surface area (Å²) in [6.07, 6.45) is 1.05. The van der Waals surface area contributed by atoms with E-state index in [9.17, 15) is 17.6 Å². The molecule has 0 heterocycles. The monoisotopic (exact) mass is 408 g/mol. The van der Waals surface area contributed by atoms with Gasteiger partial charge < -0.3 is 10.1 Å².